The molecule has 0 saturated heterocycles. The van der Waals surface area contributed by atoms with Gasteiger partial charge < -0.3 is 11.1 Å². The van der Waals surface area contributed by atoms with E-state index in [2.05, 4.69) is 12.2 Å². The Bertz CT molecular complexity index is 247. The highest BCUT2D eigenvalue weighted by Gasteiger charge is 2.09. The Morgan fingerprint density at radius 3 is 2.47 bits per heavy atom. The van der Waals surface area contributed by atoms with Gasteiger partial charge in [0.25, 0.3) is 0 Å². The Balaban J connectivity index is 3.67. The lowest BCUT2D eigenvalue weighted by molar-refractivity contribution is -0.122. The smallest absolute Gasteiger partial charge is 0.220 e. The Morgan fingerprint density at radius 2 is 1.94 bits per heavy atom. The number of rotatable bonds is 9. The van der Waals surface area contributed by atoms with Gasteiger partial charge in [0.1, 0.15) is 0 Å². The molecule has 17 heavy (non-hydrogen) atoms. The summed E-state index contributed by atoms with van der Waals surface area (Å²) in [5, 5.41) is 2.93. The third-order valence-electron chi connectivity index (χ3n) is 2.77. The van der Waals surface area contributed by atoms with Gasteiger partial charge in [0, 0.05) is 35.3 Å². The zero-order valence-electron chi connectivity index (χ0n) is 11.2. The molecule has 0 aliphatic rings. The van der Waals surface area contributed by atoms with E-state index in [0.29, 0.717) is 24.6 Å². The summed E-state index contributed by atoms with van der Waals surface area (Å²) in [7, 11) is -0.780. The Hall–Kier alpha value is -0.420. The summed E-state index contributed by atoms with van der Waals surface area (Å²) in [6.07, 6.45) is 4.87. The number of nitrogens with one attached hydrogen (secondary N) is 1. The summed E-state index contributed by atoms with van der Waals surface area (Å²) in [6.45, 7) is 4.75. The molecule has 0 heterocycles. The molecule has 3 N–H and O–H groups in total. The van der Waals surface area contributed by atoms with Crippen molar-refractivity contribution in [3.8, 4) is 0 Å². The standard InChI is InChI=1S/C12H26N2O2S/c1-10(6-8-13)4-5-12(15)14-11(2)7-9-17(3)16/h10-11H,4-9,13H2,1-3H3,(H,14,15). The molecule has 5 heteroatoms. The van der Waals surface area contributed by atoms with Crippen molar-refractivity contribution in [1.82, 2.24) is 5.32 Å². The average molecular weight is 262 g/mol. The molecule has 0 spiro atoms. The fraction of sp³-hybridized carbons (Fsp3) is 0.917. The van der Waals surface area contributed by atoms with Crippen molar-refractivity contribution in [3.05, 3.63) is 0 Å². The maximum Gasteiger partial charge on any atom is 0.220 e. The van der Waals surface area contributed by atoms with E-state index in [0.717, 1.165) is 19.3 Å². The van der Waals surface area contributed by atoms with Crippen LogP contribution in [0.5, 0.6) is 0 Å². The molecule has 0 saturated carbocycles. The van der Waals surface area contributed by atoms with Gasteiger partial charge >= 0.3 is 0 Å². The molecule has 3 atom stereocenters. The average Bonchev–Trinajstić information content (AvgIpc) is 2.24. The molecule has 0 aliphatic carbocycles. The summed E-state index contributed by atoms with van der Waals surface area (Å²) < 4.78 is 10.9. The lowest BCUT2D eigenvalue weighted by Gasteiger charge is -2.14. The van der Waals surface area contributed by atoms with Crippen LogP contribution in [0.1, 0.15) is 39.5 Å². The Labute approximate surface area is 107 Å². The van der Waals surface area contributed by atoms with Gasteiger partial charge in [0.15, 0.2) is 0 Å². The molecular formula is C12H26N2O2S. The van der Waals surface area contributed by atoms with Crippen molar-refractivity contribution < 1.29 is 9.00 Å². The zero-order valence-corrected chi connectivity index (χ0v) is 12.0. The van der Waals surface area contributed by atoms with Crippen LogP contribution in [0.4, 0.5) is 0 Å². The predicted molar refractivity (Wildman–Crippen MR) is 73.2 cm³/mol. The summed E-state index contributed by atoms with van der Waals surface area (Å²) in [6, 6.07) is 0.108. The van der Waals surface area contributed by atoms with E-state index < -0.39 is 10.8 Å². The molecule has 0 rings (SSSR count). The maximum absolute atomic E-state index is 11.6. The minimum atomic E-state index is -0.780. The normalized spacial score (nSPS) is 16.2. The van der Waals surface area contributed by atoms with E-state index in [1.165, 1.54) is 0 Å². The van der Waals surface area contributed by atoms with E-state index in [9.17, 15) is 9.00 Å². The fourth-order valence-corrected chi connectivity index (χ4v) is 2.25. The third kappa shape index (κ3) is 10.5. The van der Waals surface area contributed by atoms with Gasteiger partial charge in [-0.1, -0.05) is 6.92 Å². The number of nitrogens with two attached hydrogens (primary N) is 1. The first kappa shape index (κ1) is 16.6. The van der Waals surface area contributed by atoms with Crippen LogP contribution in [0.25, 0.3) is 0 Å². The summed E-state index contributed by atoms with van der Waals surface area (Å²) in [5.74, 6) is 1.23. The van der Waals surface area contributed by atoms with Crippen molar-refractivity contribution in [2.75, 3.05) is 18.6 Å². The largest absolute Gasteiger partial charge is 0.354 e. The van der Waals surface area contributed by atoms with Gasteiger partial charge in [0.2, 0.25) is 5.91 Å². The molecule has 0 bridgehead atoms. The lowest BCUT2D eigenvalue weighted by Crippen LogP contribution is -2.33. The number of carbonyl (C=O) groups excluding carboxylic acids is 1. The molecule has 0 radical (unpaired) electrons. The summed E-state index contributed by atoms with van der Waals surface area (Å²) in [4.78, 5) is 11.6. The molecule has 3 unspecified atom stereocenters. The Morgan fingerprint density at radius 1 is 1.29 bits per heavy atom. The number of amides is 1. The van der Waals surface area contributed by atoms with Crippen LogP contribution in [0.2, 0.25) is 0 Å². The second-order valence-electron chi connectivity index (χ2n) is 4.76. The van der Waals surface area contributed by atoms with Crippen molar-refractivity contribution >= 4 is 16.7 Å². The molecular weight excluding hydrogens is 236 g/mol. The molecule has 1 amide bonds. The Kier molecular flexibility index (Phi) is 9.36. The predicted octanol–water partition coefficient (Wildman–Crippen LogP) is 1.02. The van der Waals surface area contributed by atoms with Crippen LogP contribution in [0.15, 0.2) is 0 Å². The second-order valence-corrected chi connectivity index (χ2v) is 6.31. The monoisotopic (exact) mass is 262 g/mol. The fourth-order valence-electron chi connectivity index (χ4n) is 1.57. The molecule has 0 aromatic carbocycles. The van der Waals surface area contributed by atoms with Gasteiger partial charge in [-0.05, 0) is 38.6 Å². The summed E-state index contributed by atoms with van der Waals surface area (Å²) in [5.41, 5.74) is 5.46. The van der Waals surface area contributed by atoms with Gasteiger partial charge in [-0.15, -0.1) is 0 Å². The molecule has 102 valence electrons. The first-order chi connectivity index (χ1) is 7.95. The van der Waals surface area contributed by atoms with Crippen LogP contribution in [0, 0.1) is 5.92 Å². The number of hydrogen-bond donors (Lipinski definition) is 2. The first-order valence-corrected chi connectivity index (χ1v) is 7.97. The third-order valence-corrected chi connectivity index (χ3v) is 3.58. The van der Waals surface area contributed by atoms with Crippen LogP contribution >= 0.6 is 0 Å². The van der Waals surface area contributed by atoms with E-state index in [-0.39, 0.29) is 11.9 Å². The molecule has 0 aliphatic heterocycles. The van der Waals surface area contributed by atoms with Gasteiger partial charge in [-0.2, -0.15) is 0 Å². The highest BCUT2D eigenvalue weighted by molar-refractivity contribution is 7.84. The van der Waals surface area contributed by atoms with Crippen LogP contribution < -0.4 is 11.1 Å². The van der Waals surface area contributed by atoms with Crippen LogP contribution in [0.3, 0.4) is 0 Å². The van der Waals surface area contributed by atoms with E-state index >= 15 is 0 Å². The molecule has 0 fully saturated rings. The lowest BCUT2D eigenvalue weighted by atomic mass is 10.0. The molecule has 0 aromatic rings. The van der Waals surface area contributed by atoms with Crippen LogP contribution in [-0.4, -0.2) is 34.7 Å². The van der Waals surface area contributed by atoms with Gasteiger partial charge in [-0.25, -0.2) is 0 Å². The van der Waals surface area contributed by atoms with Crippen molar-refractivity contribution in [3.63, 3.8) is 0 Å². The topological polar surface area (TPSA) is 72.2 Å². The molecule has 4 nitrogen and oxygen atoms in total. The van der Waals surface area contributed by atoms with Gasteiger partial charge in [0.05, 0.1) is 0 Å². The highest BCUT2D eigenvalue weighted by atomic mass is 32.2. The molecule has 0 aromatic heterocycles. The SMILES string of the molecule is CC(CCN)CCC(=O)NC(C)CCS(C)=O. The van der Waals surface area contributed by atoms with E-state index in [1.807, 2.05) is 6.92 Å². The quantitative estimate of drug-likeness (QED) is 0.652. The minimum Gasteiger partial charge on any atom is -0.354 e. The number of hydrogen-bond acceptors (Lipinski definition) is 3. The van der Waals surface area contributed by atoms with Crippen molar-refractivity contribution in [1.29, 1.82) is 0 Å². The summed E-state index contributed by atoms with van der Waals surface area (Å²) >= 11 is 0. The second kappa shape index (κ2) is 9.59. The maximum atomic E-state index is 11.6. The first-order valence-electron chi connectivity index (χ1n) is 6.25. The van der Waals surface area contributed by atoms with E-state index in [1.54, 1.807) is 6.26 Å². The number of carbonyl (C=O) groups is 1. The zero-order chi connectivity index (χ0) is 13.3. The van der Waals surface area contributed by atoms with E-state index in [4.69, 9.17) is 5.73 Å². The van der Waals surface area contributed by atoms with Crippen molar-refractivity contribution in [2.24, 2.45) is 11.7 Å². The van der Waals surface area contributed by atoms with Gasteiger partial charge in [-0.3, -0.25) is 9.00 Å². The highest BCUT2D eigenvalue weighted by Crippen LogP contribution is 2.09. The van der Waals surface area contributed by atoms with Crippen molar-refractivity contribution in [2.45, 2.75) is 45.6 Å². The van der Waals surface area contributed by atoms with Crippen LogP contribution in [-0.2, 0) is 15.6 Å². The minimum absolute atomic E-state index is 0.0863.